The summed E-state index contributed by atoms with van der Waals surface area (Å²) in [7, 11) is 0. The van der Waals surface area contributed by atoms with Crippen LogP contribution >= 0.6 is 0 Å². The van der Waals surface area contributed by atoms with Gasteiger partial charge in [-0.05, 0) is 11.5 Å². The van der Waals surface area contributed by atoms with Crippen molar-refractivity contribution >= 4 is 5.69 Å². The van der Waals surface area contributed by atoms with Crippen LogP contribution in [0.4, 0.5) is 23.2 Å². The average Bonchev–Trinajstić information content (AvgIpc) is 2.46. The highest BCUT2D eigenvalue weighted by Gasteiger charge is 2.19. The van der Waals surface area contributed by atoms with Crippen LogP contribution in [-0.2, 0) is 0 Å². The van der Waals surface area contributed by atoms with Crippen LogP contribution in [0.25, 0.3) is 0 Å². The largest absolute Gasteiger partial charge is 0.380 e. The molecule has 0 aliphatic carbocycles. The van der Waals surface area contributed by atoms with E-state index in [1.807, 2.05) is 37.3 Å². The molecular weight excluding hydrogens is 270 g/mol. The second-order valence-electron chi connectivity index (χ2n) is 4.54. The van der Waals surface area contributed by atoms with Crippen LogP contribution in [0.1, 0.15) is 18.4 Å². The van der Waals surface area contributed by atoms with Gasteiger partial charge in [0.05, 0.1) is 0 Å². The van der Waals surface area contributed by atoms with Crippen LogP contribution in [0.2, 0.25) is 0 Å². The van der Waals surface area contributed by atoms with E-state index in [4.69, 9.17) is 0 Å². The summed E-state index contributed by atoms with van der Waals surface area (Å²) in [5, 5.41) is 2.43. The summed E-state index contributed by atoms with van der Waals surface area (Å²) < 4.78 is 53.0. The quantitative estimate of drug-likeness (QED) is 0.645. The predicted molar refractivity (Wildman–Crippen MR) is 69.6 cm³/mol. The third kappa shape index (κ3) is 2.92. The first-order chi connectivity index (χ1) is 9.50. The first-order valence-electron chi connectivity index (χ1n) is 6.12. The fourth-order valence-corrected chi connectivity index (χ4v) is 1.88. The highest BCUT2D eigenvalue weighted by molar-refractivity contribution is 5.47. The van der Waals surface area contributed by atoms with Crippen molar-refractivity contribution < 1.29 is 17.6 Å². The summed E-state index contributed by atoms with van der Waals surface area (Å²) in [6, 6.07) is 9.46. The molecule has 0 radical (unpaired) electrons. The zero-order chi connectivity index (χ0) is 14.7. The van der Waals surface area contributed by atoms with E-state index in [1.54, 1.807) is 0 Å². The van der Waals surface area contributed by atoms with E-state index >= 15 is 0 Å². The number of anilines is 1. The third-order valence-electron chi connectivity index (χ3n) is 3.07. The molecule has 20 heavy (non-hydrogen) atoms. The minimum absolute atomic E-state index is 0.0682. The molecule has 0 spiro atoms. The van der Waals surface area contributed by atoms with Gasteiger partial charge in [-0.15, -0.1) is 0 Å². The molecule has 0 saturated carbocycles. The molecule has 1 N–H and O–H groups in total. The first kappa shape index (κ1) is 14.4. The summed E-state index contributed by atoms with van der Waals surface area (Å²) in [6.07, 6.45) is 0. The third-order valence-corrected chi connectivity index (χ3v) is 3.07. The highest BCUT2D eigenvalue weighted by Crippen LogP contribution is 2.25. The molecule has 1 atom stereocenters. The lowest BCUT2D eigenvalue weighted by Gasteiger charge is -2.15. The topological polar surface area (TPSA) is 12.0 Å². The molecular formula is C15H13F4N. The van der Waals surface area contributed by atoms with Gasteiger partial charge in [-0.3, -0.25) is 0 Å². The van der Waals surface area contributed by atoms with Crippen LogP contribution in [0.15, 0.2) is 36.4 Å². The predicted octanol–water partition coefficient (Wildman–Crippen LogP) is 4.46. The van der Waals surface area contributed by atoms with Crippen molar-refractivity contribution in [2.24, 2.45) is 0 Å². The van der Waals surface area contributed by atoms with E-state index < -0.39 is 29.0 Å². The molecule has 2 aromatic carbocycles. The smallest absolute Gasteiger partial charge is 0.185 e. The first-order valence-corrected chi connectivity index (χ1v) is 6.12. The zero-order valence-electron chi connectivity index (χ0n) is 10.8. The Balaban J connectivity index is 2.16. The van der Waals surface area contributed by atoms with Crippen molar-refractivity contribution in [2.45, 2.75) is 12.8 Å². The van der Waals surface area contributed by atoms with E-state index in [-0.39, 0.29) is 18.5 Å². The maximum Gasteiger partial charge on any atom is 0.185 e. The second-order valence-corrected chi connectivity index (χ2v) is 4.54. The molecule has 106 valence electrons. The average molecular weight is 283 g/mol. The fraction of sp³-hybridized carbons (Fsp3) is 0.200. The molecule has 2 rings (SSSR count). The Kier molecular flexibility index (Phi) is 4.27. The van der Waals surface area contributed by atoms with Gasteiger partial charge in [0.1, 0.15) is 5.69 Å². The van der Waals surface area contributed by atoms with Crippen LogP contribution in [-0.4, -0.2) is 6.54 Å². The fourth-order valence-electron chi connectivity index (χ4n) is 1.88. The number of hydrogen-bond donors (Lipinski definition) is 1. The van der Waals surface area contributed by atoms with Crippen molar-refractivity contribution in [3.63, 3.8) is 0 Å². The van der Waals surface area contributed by atoms with E-state index in [9.17, 15) is 17.6 Å². The Morgan fingerprint density at radius 1 is 0.950 bits per heavy atom. The van der Waals surface area contributed by atoms with Crippen molar-refractivity contribution in [2.75, 3.05) is 11.9 Å². The van der Waals surface area contributed by atoms with Crippen molar-refractivity contribution in [1.29, 1.82) is 0 Å². The van der Waals surface area contributed by atoms with Crippen LogP contribution < -0.4 is 5.32 Å². The Bertz CT molecular complexity index is 572. The van der Waals surface area contributed by atoms with Crippen molar-refractivity contribution in [3.05, 3.63) is 65.2 Å². The van der Waals surface area contributed by atoms with Gasteiger partial charge in [0, 0.05) is 12.6 Å². The van der Waals surface area contributed by atoms with Crippen LogP contribution in [0.3, 0.4) is 0 Å². The maximum absolute atomic E-state index is 13.5. The minimum Gasteiger partial charge on any atom is -0.380 e. The molecule has 1 nitrogen and oxygen atoms in total. The summed E-state index contributed by atoms with van der Waals surface area (Å²) >= 11 is 0. The molecule has 0 fully saturated rings. The zero-order valence-corrected chi connectivity index (χ0v) is 10.8. The lowest BCUT2D eigenvalue weighted by Crippen LogP contribution is -2.13. The SMILES string of the molecule is CC(CNc1c(F)c(F)cc(F)c1F)c1ccccc1. The normalized spacial score (nSPS) is 12.2. The van der Waals surface area contributed by atoms with Crippen LogP contribution in [0.5, 0.6) is 0 Å². The van der Waals surface area contributed by atoms with E-state index in [0.29, 0.717) is 0 Å². The van der Waals surface area contributed by atoms with Crippen molar-refractivity contribution in [1.82, 2.24) is 0 Å². The second kappa shape index (κ2) is 5.94. The Morgan fingerprint density at radius 3 is 2.05 bits per heavy atom. The summed E-state index contributed by atoms with van der Waals surface area (Å²) in [4.78, 5) is 0. The summed E-state index contributed by atoms with van der Waals surface area (Å²) in [5.41, 5.74) is 0.183. The van der Waals surface area contributed by atoms with Gasteiger partial charge in [0.25, 0.3) is 0 Å². The van der Waals surface area contributed by atoms with Gasteiger partial charge in [0.15, 0.2) is 23.3 Å². The molecule has 1 unspecified atom stereocenters. The lowest BCUT2D eigenvalue weighted by atomic mass is 10.0. The lowest BCUT2D eigenvalue weighted by molar-refractivity contribution is 0.458. The molecule has 0 aliphatic rings. The highest BCUT2D eigenvalue weighted by atomic mass is 19.2. The number of rotatable bonds is 4. The maximum atomic E-state index is 13.5. The molecule has 2 aromatic rings. The number of hydrogen-bond acceptors (Lipinski definition) is 1. The molecule has 0 saturated heterocycles. The molecule has 0 amide bonds. The number of halogens is 4. The summed E-state index contributed by atoms with van der Waals surface area (Å²) in [6.45, 7) is 1.99. The van der Waals surface area contributed by atoms with Gasteiger partial charge in [-0.1, -0.05) is 37.3 Å². The molecule has 0 aromatic heterocycles. The molecule has 0 aliphatic heterocycles. The van der Waals surface area contributed by atoms with Crippen LogP contribution in [0, 0.1) is 23.3 Å². The van der Waals surface area contributed by atoms with E-state index in [1.165, 1.54) is 0 Å². The van der Waals surface area contributed by atoms with E-state index in [0.717, 1.165) is 5.56 Å². The summed E-state index contributed by atoms with van der Waals surface area (Å²) in [5.74, 6) is -5.73. The molecule has 0 heterocycles. The number of nitrogens with one attached hydrogen (secondary N) is 1. The molecule has 5 heteroatoms. The number of benzene rings is 2. The molecule has 0 bridgehead atoms. The standard InChI is InChI=1S/C15H13F4N/c1-9(10-5-3-2-4-6-10)8-20-15-13(18)11(16)7-12(17)14(15)19/h2-7,9,20H,8H2,1H3. The van der Waals surface area contributed by atoms with Gasteiger partial charge >= 0.3 is 0 Å². The Morgan fingerprint density at radius 2 is 1.50 bits per heavy atom. The monoisotopic (exact) mass is 283 g/mol. The Labute approximate surface area is 114 Å². The van der Waals surface area contributed by atoms with Gasteiger partial charge in [0.2, 0.25) is 0 Å². The van der Waals surface area contributed by atoms with E-state index in [2.05, 4.69) is 5.32 Å². The Hall–Kier alpha value is -2.04. The van der Waals surface area contributed by atoms with Gasteiger partial charge in [-0.25, -0.2) is 17.6 Å². The van der Waals surface area contributed by atoms with Crippen molar-refractivity contribution in [3.8, 4) is 0 Å². The van der Waals surface area contributed by atoms with Gasteiger partial charge in [-0.2, -0.15) is 0 Å². The minimum atomic E-state index is -1.42. The van der Waals surface area contributed by atoms with Gasteiger partial charge < -0.3 is 5.32 Å².